The minimum absolute atomic E-state index is 0.0270. The number of halogens is 2. The summed E-state index contributed by atoms with van der Waals surface area (Å²) in [6, 6.07) is 19.3. The van der Waals surface area contributed by atoms with Gasteiger partial charge < -0.3 is 0 Å². The van der Waals surface area contributed by atoms with E-state index in [2.05, 4.69) is 0 Å². The third-order valence-electron chi connectivity index (χ3n) is 6.04. The van der Waals surface area contributed by atoms with E-state index in [0.29, 0.717) is 28.5 Å². The Morgan fingerprint density at radius 2 is 1.63 bits per heavy atom. The molecule has 1 unspecified atom stereocenters. The van der Waals surface area contributed by atoms with Gasteiger partial charge in [0.1, 0.15) is 0 Å². The van der Waals surface area contributed by atoms with Crippen LogP contribution in [0.3, 0.4) is 0 Å². The molecule has 3 aromatic carbocycles. The van der Waals surface area contributed by atoms with Crippen LogP contribution in [0.5, 0.6) is 0 Å². The number of amides is 1. The zero-order chi connectivity index (χ0) is 20.8. The smallest absolute Gasteiger partial charge is 0.232 e. The number of carbonyl (C=O) groups excluding carboxylic acids is 2. The molecule has 3 aromatic rings. The van der Waals surface area contributed by atoms with E-state index in [0.717, 1.165) is 34.1 Å². The standard InChI is InChI=1S/C25H19Cl2NO2/c26-19-10-4-9-17(25(19)27)18-14-23(30)28(21-12-5-13-22(29)24(18)21)20-11-3-7-15-6-1-2-8-16(15)20/h1-4,6-11,18H,5,12-14H2. The molecule has 0 bridgehead atoms. The zero-order valence-electron chi connectivity index (χ0n) is 16.2. The molecule has 1 amide bonds. The lowest BCUT2D eigenvalue weighted by molar-refractivity contribution is -0.119. The van der Waals surface area contributed by atoms with Gasteiger partial charge >= 0.3 is 0 Å². The van der Waals surface area contributed by atoms with Gasteiger partial charge in [0.05, 0.1) is 15.7 Å². The van der Waals surface area contributed by atoms with Crippen LogP contribution in [0.4, 0.5) is 5.69 Å². The normalized spacial score (nSPS) is 19.4. The van der Waals surface area contributed by atoms with Crippen LogP contribution in [0.2, 0.25) is 10.0 Å². The van der Waals surface area contributed by atoms with Crippen LogP contribution in [-0.4, -0.2) is 11.7 Å². The van der Waals surface area contributed by atoms with E-state index in [4.69, 9.17) is 23.2 Å². The van der Waals surface area contributed by atoms with Gasteiger partial charge in [-0.2, -0.15) is 0 Å². The van der Waals surface area contributed by atoms with E-state index in [9.17, 15) is 9.59 Å². The Bertz CT molecular complexity index is 1230. The molecule has 0 spiro atoms. The second-order valence-corrected chi connectivity index (χ2v) is 8.55. The third-order valence-corrected chi connectivity index (χ3v) is 6.87. The predicted molar refractivity (Wildman–Crippen MR) is 121 cm³/mol. The molecule has 30 heavy (non-hydrogen) atoms. The molecular formula is C25H19Cl2NO2. The van der Waals surface area contributed by atoms with Crippen molar-refractivity contribution in [2.45, 2.75) is 31.6 Å². The van der Waals surface area contributed by atoms with Gasteiger partial charge in [-0.3, -0.25) is 14.5 Å². The number of rotatable bonds is 2. The molecule has 1 aliphatic heterocycles. The molecule has 0 saturated heterocycles. The summed E-state index contributed by atoms with van der Waals surface area (Å²) >= 11 is 12.7. The summed E-state index contributed by atoms with van der Waals surface area (Å²) in [4.78, 5) is 28.3. The van der Waals surface area contributed by atoms with Gasteiger partial charge in [0.15, 0.2) is 5.78 Å². The van der Waals surface area contributed by atoms with Crippen molar-refractivity contribution in [2.24, 2.45) is 0 Å². The van der Waals surface area contributed by atoms with E-state index in [1.54, 1.807) is 11.0 Å². The van der Waals surface area contributed by atoms with Crippen molar-refractivity contribution in [3.8, 4) is 0 Å². The number of ketones is 1. The van der Waals surface area contributed by atoms with E-state index in [1.807, 2.05) is 54.6 Å². The monoisotopic (exact) mass is 435 g/mol. The minimum atomic E-state index is -0.363. The van der Waals surface area contributed by atoms with Crippen LogP contribution < -0.4 is 4.90 Å². The highest BCUT2D eigenvalue weighted by molar-refractivity contribution is 6.42. The molecule has 2 aliphatic rings. The maximum atomic E-state index is 13.5. The van der Waals surface area contributed by atoms with Crippen molar-refractivity contribution in [1.29, 1.82) is 0 Å². The average molecular weight is 436 g/mol. The summed E-state index contributed by atoms with van der Waals surface area (Å²) in [6.45, 7) is 0. The quantitative estimate of drug-likeness (QED) is 0.450. The second-order valence-electron chi connectivity index (χ2n) is 7.76. The van der Waals surface area contributed by atoms with Crippen LogP contribution in [0.1, 0.15) is 37.2 Å². The Balaban J connectivity index is 1.73. The van der Waals surface area contributed by atoms with Crippen LogP contribution in [0, 0.1) is 0 Å². The van der Waals surface area contributed by atoms with E-state index in [1.165, 1.54) is 0 Å². The molecule has 5 rings (SSSR count). The molecule has 1 atom stereocenters. The number of Topliss-reactive ketones (excluding diaryl/α,β-unsaturated/α-hetero) is 1. The molecule has 1 heterocycles. The average Bonchev–Trinajstić information content (AvgIpc) is 2.75. The van der Waals surface area contributed by atoms with Crippen molar-refractivity contribution < 1.29 is 9.59 Å². The van der Waals surface area contributed by atoms with Crippen molar-refractivity contribution in [3.63, 3.8) is 0 Å². The Morgan fingerprint density at radius 1 is 0.867 bits per heavy atom. The van der Waals surface area contributed by atoms with Crippen molar-refractivity contribution in [3.05, 3.63) is 87.5 Å². The summed E-state index contributed by atoms with van der Waals surface area (Å²) in [5.41, 5.74) is 3.09. The number of fused-ring (bicyclic) bond motifs is 1. The number of carbonyl (C=O) groups is 2. The SMILES string of the molecule is O=C1CCCC2=C1C(c1cccc(Cl)c1Cl)CC(=O)N2c1cccc2ccccc12. The first-order chi connectivity index (χ1) is 14.6. The Hall–Kier alpha value is -2.62. The molecule has 5 heteroatoms. The van der Waals surface area contributed by atoms with Crippen molar-refractivity contribution in [1.82, 2.24) is 0 Å². The van der Waals surface area contributed by atoms with E-state index >= 15 is 0 Å². The second kappa shape index (κ2) is 7.57. The summed E-state index contributed by atoms with van der Waals surface area (Å²) in [7, 11) is 0. The lowest BCUT2D eigenvalue weighted by atomic mass is 9.77. The van der Waals surface area contributed by atoms with Crippen LogP contribution in [0.15, 0.2) is 71.9 Å². The fraction of sp³-hybridized carbons (Fsp3) is 0.200. The minimum Gasteiger partial charge on any atom is -0.294 e. The van der Waals surface area contributed by atoms with Gasteiger partial charge in [-0.1, -0.05) is 71.7 Å². The van der Waals surface area contributed by atoms with Gasteiger partial charge in [-0.25, -0.2) is 0 Å². The van der Waals surface area contributed by atoms with Crippen LogP contribution in [-0.2, 0) is 9.59 Å². The summed E-state index contributed by atoms with van der Waals surface area (Å²) in [5.74, 6) is -0.298. The zero-order valence-corrected chi connectivity index (χ0v) is 17.7. The molecule has 0 saturated carbocycles. The molecule has 0 aromatic heterocycles. The predicted octanol–water partition coefficient (Wildman–Crippen LogP) is 6.67. The van der Waals surface area contributed by atoms with E-state index in [-0.39, 0.29) is 24.0 Å². The van der Waals surface area contributed by atoms with Gasteiger partial charge in [0.2, 0.25) is 5.91 Å². The first-order valence-corrected chi connectivity index (χ1v) is 10.8. The summed E-state index contributed by atoms with van der Waals surface area (Å²) in [5, 5.41) is 2.91. The Labute approximate surface area is 184 Å². The highest BCUT2D eigenvalue weighted by Crippen LogP contribution is 2.46. The molecule has 0 fully saturated rings. The van der Waals surface area contributed by atoms with Crippen LogP contribution >= 0.6 is 23.2 Å². The van der Waals surface area contributed by atoms with E-state index < -0.39 is 0 Å². The lowest BCUT2D eigenvalue weighted by Crippen LogP contribution is -2.40. The van der Waals surface area contributed by atoms with Crippen LogP contribution in [0.25, 0.3) is 10.8 Å². The number of anilines is 1. The molecule has 150 valence electrons. The topological polar surface area (TPSA) is 37.4 Å². The number of hydrogen-bond acceptors (Lipinski definition) is 2. The lowest BCUT2D eigenvalue weighted by Gasteiger charge is -2.39. The Kier molecular flexibility index (Phi) is 4.88. The maximum Gasteiger partial charge on any atom is 0.232 e. The number of hydrogen-bond donors (Lipinski definition) is 0. The Morgan fingerprint density at radius 3 is 2.50 bits per heavy atom. The first kappa shape index (κ1) is 19.3. The molecule has 0 radical (unpaired) electrons. The van der Waals surface area contributed by atoms with Gasteiger partial charge in [0.25, 0.3) is 0 Å². The first-order valence-electron chi connectivity index (χ1n) is 10.1. The largest absolute Gasteiger partial charge is 0.294 e. The highest BCUT2D eigenvalue weighted by Gasteiger charge is 2.40. The van der Waals surface area contributed by atoms with Gasteiger partial charge in [0, 0.05) is 35.4 Å². The number of benzene rings is 3. The van der Waals surface area contributed by atoms with Crippen molar-refractivity contribution in [2.75, 3.05) is 4.90 Å². The molecule has 0 N–H and O–H groups in total. The fourth-order valence-electron chi connectivity index (χ4n) is 4.73. The van der Waals surface area contributed by atoms with Gasteiger partial charge in [-0.15, -0.1) is 0 Å². The molecule has 3 nitrogen and oxygen atoms in total. The fourth-order valence-corrected chi connectivity index (χ4v) is 5.17. The van der Waals surface area contributed by atoms with Crippen molar-refractivity contribution >= 4 is 51.4 Å². The van der Waals surface area contributed by atoms with Gasteiger partial charge in [-0.05, 0) is 35.9 Å². The molecular weight excluding hydrogens is 417 g/mol. The summed E-state index contributed by atoms with van der Waals surface area (Å²) in [6.07, 6.45) is 2.10. The third kappa shape index (κ3) is 3.05. The maximum absolute atomic E-state index is 13.5. The number of nitrogens with zero attached hydrogens (tertiary/aromatic N) is 1. The molecule has 1 aliphatic carbocycles. The number of allylic oxidation sites excluding steroid dienone is 2. The summed E-state index contributed by atoms with van der Waals surface area (Å²) < 4.78 is 0. The highest BCUT2D eigenvalue weighted by atomic mass is 35.5.